The maximum absolute atomic E-state index is 10.7. The number of aliphatic hydroxyl groups is 1. The minimum absolute atomic E-state index is 0.190. The number of rotatable bonds is 0. The maximum Gasteiger partial charge on any atom is 0.154 e. The zero-order chi connectivity index (χ0) is 7.78. The maximum atomic E-state index is 10.7. The molecule has 1 rings (SSSR count). The molecule has 0 aliphatic carbocycles. The Morgan fingerprint density at radius 2 is 2.10 bits per heavy atom. The molecule has 1 saturated heterocycles. The fraction of sp³-hybridized carbons (Fsp3) is 0.800. The SMILES string of the molecule is N#C[C@H]1CS(=O)(=O)C[C@H]1O. The van der Waals surface area contributed by atoms with E-state index in [0.29, 0.717) is 0 Å². The van der Waals surface area contributed by atoms with Gasteiger partial charge in [-0.05, 0) is 0 Å². The highest BCUT2D eigenvalue weighted by atomic mass is 32.2. The normalized spacial score (nSPS) is 37.2. The average Bonchev–Trinajstić information content (AvgIpc) is 2.05. The Bertz CT molecular complexity index is 263. The van der Waals surface area contributed by atoms with Crippen molar-refractivity contribution in [3.05, 3.63) is 0 Å². The van der Waals surface area contributed by atoms with Crippen molar-refractivity contribution in [1.29, 1.82) is 5.26 Å². The van der Waals surface area contributed by atoms with E-state index in [1.165, 1.54) is 0 Å². The molecule has 0 aromatic rings. The van der Waals surface area contributed by atoms with Crippen LogP contribution in [0.1, 0.15) is 0 Å². The van der Waals surface area contributed by atoms with E-state index in [9.17, 15) is 8.42 Å². The van der Waals surface area contributed by atoms with Crippen LogP contribution >= 0.6 is 0 Å². The van der Waals surface area contributed by atoms with Crippen LogP contribution in [0.25, 0.3) is 0 Å². The smallest absolute Gasteiger partial charge is 0.154 e. The molecule has 0 unspecified atom stereocenters. The van der Waals surface area contributed by atoms with Gasteiger partial charge in [0.05, 0.1) is 29.6 Å². The molecule has 2 atom stereocenters. The highest BCUT2D eigenvalue weighted by Gasteiger charge is 2.36. The van der Waals surface area contributed by atoms with Crippen LogP contribution in [-0.4, -0.2) is 31.1 Å². The monoisotopic (exact) mass is 161 g/mol. The lowest BCUT2D eigenvalue weighted by atomic mass is 10.1. The summed E-state index contributed by atoms with van der Waals surface area (Å²) >= 11 is 0. The van der Waals surface area contributed by atoms with Crippen LogP contribution in [0.3, 0.4) is 0 Å². The second-order valence-corrected chi connectivity index (χ2v) is 4.53. The Morgan fingerprint density at radius 3 is 2.30 bits per heavy atom. The van der Waals surface area contributed by atoms with E-state index < -0.39 is 21.9 Å². The van der Waals surface area contributed by atoms with Crippen LogP contribution in [0.15, 0.2) is 0 Å². The third-order valence-corrected chi connectivity index (χ3v) is 3.20. The summed E-state index contributed by atoms with van der Waals surface area (Å²) in [6, 6.07) is 1.74. The topological polar surface area (TPSA) is 78.2 Å². The van der Waals surface area contributed by atoms with Crippen LogP contribution in [0.4, 0.5) is 0 Å². The lowest BCUT2D eigenvalue weighted by Gasteiger charge is -1.98. The summed E-state index contributed by atoms with van der Waals surface area (Å²) in [5, 5.41) is 17.2. The number of sulfone groups is 1. The lowest BCUT2D eigenvalue weighted by Crippen LogP contribution is -2.15. The molecule has 1 N–H and O–H groups in total. The highest BCUT2D eigenvalue weighted by Crippen LogP contribution is 2.17. The zero-order valence-electron chi connectivity index (χ0n) is 5.19. The van der Waals surface area contributed by atoms with Crippen molar-refractivity contribution >= 4 is 9.84 Å². The predicted octanol–water partition coefficient (Wildman–Crippen LogP) is -1.08. The van der Waals surface area contributed by atoms with Crippen LogP contribution in [0.5, 0.6) is 0 Å². The predicted molar refractivity (Wildman–Crippen MR) is 33.8 cm³/mol. The minimum atomic E-state index is -3.13. The van der Waals surface area contributed by atoms with Crippen molar-refractivity contribution in [1.82, 2.24) is 0 Å². The van der Waals surface area contributed by atoms with E-state index in [2.05, 4.69) is 0 Å². The first-order chi connectivity index (χ1) is 4.55. The largest absolute Gasteiger partial charge is 0.391 e. The third-order valence-electron chi connectivity index (χ3n) is 1.49. The summed E-state index contributed by atoms with van der Waals surface area (Å²) < 4.78 is 21.4. The Kier molecular flexibility index (Phi) is 1.67. The van der Waals surface area contributed by atoms with E-state index in [4.69, 9.17) is 10.4 Å². The van der Waals surface area contributed by atoms with Crippen molar-refractivity contribution in [2.24, 2.45) is 5.92 Å². The fourth-order valence-corrected chi connectivity index (χ4v) is 2.68. The summed E-state index contributed by atoms with van der Waals surface area (Å²) in [5.41, 5.74) is 0. The second kappa shape index (κ2) is 2.22. The van der Waals surface area contributed by atoms with Crippen LogP contribution in [-0.2, 0) is 9.84 Å². The first-order valence-electron chi connectivity index (χ1n) is 2.83. The van der Waals surface area contributed by atoms with Gasteiger partial charge in [-0.3, -0.25) is 0 Å². The van der Waals surface area contributed by atoms with E-state index in [0.717, 1.165) is 0 Å². The number of hydrogen-bond acceptors (Lipinski definition) is 4. The molecule has 0 saturated carbocycles. The van der Waals surface area contributed by atoms with Crippen LogP contribution in [0.2, 0.25) is 0 Å². The molecule has 1 aliphatic heterocycles. The molecule has 5 heteroatoms. The quantitative estimate of drug-likeness (QED) is 0.490. The van der Waals surface area contributed by atoms with Crippen molar-refractivity contribution < 1.29 is 13.5 Å². The Labute approximate surface area is 59.0 Å². The lowest BCUT2D eigenvalue weighted by molar-refractivity contribution is 0.174. The van der Waals surface area contributed by atoms with Gasteiger partial charge in [-0.1, -0.05) is 0 Å². The zero-order valence-corrected chi connectivity index (χ0v) is 6.00. The first kappa shape index (κ1) is 7.51. The molecular weight excluding hydrogens is 154 g/mol. The molecule has 0 amide bonds. The van der Waals surface area contributed by atoms with Gasteiger partial charge in [0.2, 0.25) is 0 Å². The van der Waals surface area contributed by atoms with Gasteiger partial charge in [0.15, 0.2) is 9.84 Å². The fourth-order valence-electron chi connectivity index (χ4n) is 0.952. The van der Waals surface area contributed by atoms with Crippen molar-refractivity contribution in [2.75, 3.05) is 11.5 Å². The average molecular weight is 161 g/mol. The van der Waals surface area contributed by atoms with Gasteiger partial charge in [0.1, 0.15) is 0 Å². The van der Waals surface area contributed by atoms with E-state index in [-0.39, 0.29) is 11.5 Å². The van der Waals surface area contributed by atoms with Crippen molar-refractivity contribution in [2.45, 2.75) is 6.10 Å². The first-order valence-corrected chi connectivity index (χ1v) is 4.65. The standard InChI is InChI=1S/C5H7NO3S/c6-1-4-2-10(8,9)3-5(4)7/h4-5,7H,2-3H2/t4-,5+/m0/s1. The molecule has 1 fully saturated rings. The van der Waals surface area contributed by atoms with Gasteiger partial charge >= 0.3 is 0 Å². The van der Waals surface area contributed by atoms with Gasteiger partial charge in [-0.25, -0.2) is 8.42 Å². The molecular formula is C5H7NO3S. The van der Waals surface area contributed by atoms with E-state index in [1.807, 2.05) is 0 Å². The van der Waals surface area contributed by atoms with Crippen molar-refractivity contribution in [3.8, 4) is 6.07 Å². The molecule has 4 nitrogen and oxygen atoms in total. The van der Waals surface area contributed by atoms with Crippen molar-refractivity contribution in [3.63, 3.8) is 0 Å². The molecule has 56 valence electrons. The molecule has 0 radical (unpaired) electrons. The van der Waals surface area contributed by atoms with Gasteiger partial charge < -0.3 is 5.11 Å². The summed E-state index contributed by atoms with van der Waals surface area (Å²) in [5.74, 6) is -1.17. The molecule has 0 bridgehead atoms. The molecule has 10 heavy (non-hydrogen) atoms. The van der Waals surface area contributed by atoms with Gasteiger partial charge in [0.25, 0.3) is 0 Å². The van der Waals surface area contributed by atoms with Gasteiger partial charge in [-0.15, -0.1) is 0 Å². The molecule has 0 aromatic heterocycles. The number of aliphatic hydroxyl groups excluding tert-OH is 1. The minimum Gasteiger partial charge on any atom is -0.391 e. The summed E-state index contributed by atoms with van der Waals surface area (Å²) in [7, 11) is -3.13. The van der Waals surface area contributed by atoms with Gasteiger partial charge in [0, 0.05) is 0 Å². The summed E-state index contributed by atoms with van der Waals surface area (Å²) in [4.78, 5) is 0. The van der Waals surface area contributed by atoms with E-state index >= 15 is 0 Å². The van der Waals surface area contributed by atoms with Gasteiger partial charge in [-0.2, -0.15) is 5.26 Å². The molecule has 1 heterocycles. The van der Waals surface area contributed by atoms with Crippen LogP contribution in [0, 0.1) is 17.2 Å². The number of nitriles is 1. The Balaban J connectivity index is 2.83. The van der Waals surface area contributed by atoms with E-state index in [1.54, 1.807) is 6.07 Å². The number of nitrogens with zero attached hydrogens (tertiary/aromatic N) is 1. The Morgan fingerprint density at radius 1 is 1.50 bits per heavy atom. The summed E-state index contributed by atoms with van der Waals surface area (Å²) in [6.45, 7) is 0. The summed E-state index contributed by atoms with van der Waals surface area (Å²) in [6.07, 6.45) is -0.977. The number of hydrogen-bond donors (Lipinski definition) is 1. The third kappa shape index (κ3) is 1.28. The Hall–Kier alpha value is -0.600. The molecule has 1 aliphatic rings. The molecule has 0 aromatic carbocycles. The highest BCUT2D eigenvalue weighted by molar-refractivity contribution is 7.91. The van der Waals surface area contributed by atoms with Crippen LogP contribution < -0.4 is 0 Å². The molecule has 0 spiro atoms. The second-order valence-electron chi connectivity index (χ2n) is 2.38.